The van der Waals surface area contributed by atoms with Gasteiger partial charge in [0.15, 0.2) is 0 Å². The van der Waals surface area contributed by atoms with Crippen LogP contribution < -0.4 is 0 Å². The molecule has 1 aliphatic rings. The van der Waals surface area contributed by atoms with Gasteiger partial charge in [0.05, 0.1) is 6.61 Å². The topological polar surface area (TPSA) is 58.5 Å². The van der Waals surface area contributed by atoms with E-state index in [1.54, 1.807) is 12.4 Å². The highest BCUT2D eigenvalue weighted by Gasteiger charge is 2.27. The second-order valence-corrected chi connectivity index (χ2v) is 4.33. The molecule has 17 heavy (non-hydrogen) atoms. The lowest BCUT2D eigenvalue weighted by Crippen LogP contribution is -2.45. The van der Waals surface area contributed by atoms with E-state index in [9.17, 15) is 5.11 Å². The molecule has 0 spiro atoms. The third kappa shape index (κ3) is 3.21. The van der Waals surface area contributed by atoms with Crippen molar-refractivity contribution in [3.63, 3.8) is 0 Å². The number of morpholine rings is 1. The minimum Gasteiger partial charge on any atom is -0.386 e. The van der Waals surface area contributed by atoms with Gasteiger partial charge in [-0.2, -0.15) is 0 Å². The number of aromatic nitrogens is 2. The second kappa shape index (κ2) is 6.05. The molecular formula is C12H19N3O2. The fraction of sp³-hybridized carbons (Fsp3) is 0.667. The van der Waals surface area contributed by atoms with E-state index < -0.39 is 6.10 Å². The summed E-state index contributed by atoms with van der Waals surface area (Å²) in [5, 5.41) is 10.2. The molecule has 1 aromatic rings. The van der Waals surface area contributed by atoms with Gasteiger partial charge in [0.2, 0.25) is 0 Å². The predicted molar refractivity (Wildman–Crippen MR) is 63.5 cm³/mol. The summed E-state index contributed by atoms with van der Waals surface area (Å²) in [6.07, 6.45) is 5.04. The lowest BCUT2D eigenvalue weighted by molar-refractivity contribution is -0.0900. The Labute approximate surface area is 101 Å². The van der Waals surface area contributed by atoms with Crippen molar-refractivity contribution in [2.24, 2.45) is 0 Å². The van der Waals surface area contributed by atoms with Crippen molar-refractivity contribution in [1.29, 1.82) is 0 Å². The fourth-order valence-electron chi connectivity index (χ4n) is 2.12. The van der Waals surface area contributed by atoms with Gasteiger partial charge in [-0.25, -0.2) is 9.97 Å². The van der Waals surface area contributed by atoms with E-state index in [1.807, 2.05) is 0 Å². The van der Waals surface area contributed by atoms with E-state index in [0.717, 1.165) is 31.6 Å². The van der Waals surface area contributed by atoms with Gasteiger partial charge in [0.1, 0.15) is 18.5 Å². The first-order valence-corrected chi connectivity index (χ1v) is 6.08. The summed E-state index contributed by atoms with van der Waals surface area (Å²) in [4.78, 5) is 10.2. The van der Waals surface area contributed by atoms with Crippen LogP contribution in [0.4, 0.5) is 0 Å². The predicted octanol–water partition coefficient (Wildman–Crippen LogP) is 0.621. The zero-order valence-electron chi connectivity index (χ0n) is 10.1. The number of aliphatic hydroxyl groups excluding tert-OH is 1. The van der Waals surface area contributed by atoms with Gasteiger partial charge in [-0.15, -0.1) is 0 Å². The van der Waals surface area contributed by atoms with Crippen LogP contribution in [0.3, 0.4) is 0 Å². The van der Waals surface area contributed by atoms with Crippen LogP contribution in [-0.4, -0.2) is 52.3 Å². The van der Waals surface area contributed by atoms with Crippen molar-refractivity contribution in [3.05, 3.63) is 24.3 Å². The van der Waals surface area contributed by atoms with Crippen molar-refractivity contribution in [2.45, 2.75) is 25.6 Å². The van der Waals surface area contributed by atoms with Gasteiger partial charge in [0.25, 0.3) is 0 Å². The molecule has 1 saturated heterocycles. The van der Waals surface area contributed by atoms with E-state index in [1.165, 1.54) is 6.33 Å². The number of ether oxygens (including phenoxy) is 1. The van der Waals surface area contributed by atoms with Crippen molar-refractivity contribution < 1.29 is 9.84 Å². The SMILES string of the molecule is CCCN1CCOC(C(O)c2cncnc2)C1. The molecule has 0 aliphatic carbocycles. The highest BCUT2D eigenvalue weighted by Crippen LogP contribution is 2.21. The lowest BCUT2D eigenvalue weighted by Gasteiger charge is -2.34. The van der Waals surface area contributed by atoms with E-state index in [2.05, 4.69) is 21.8 Å². The summed E-state index contributed by atoms with van der Waals surface area (Å²) in [5.41, 5.74) is 0.718. The van der Waals surface area contributed by atoms with E-state index in [0.29, 0.717) is 6.61 Å². The molecule has 0 radical (unpaired) electrons. The number of aliphatic hydroxyl groups is 1. The first-order valence-electron chi connectivity index (χ1n) is 6.08. The average Bonchev–Trinajstić information content (AvgIpc) is 2.40. The molecule has 1 fully saturated rings. The van der Waals surface area contributed by atoms with Crippen molar-refractivity contribution in [1.82, 2.24) is 14.9 Å². The molecule has 2 atom stereocenters. The molecule has 2 heterocycles. The number of rotatable bonds is 4. The Bertz CT molecular complexity index is 332. The lowest BCUT2D eigenvalue weighted by atomic mass is 10.1. The zero-order chi connectivity index (χ0) is 12.1. The molecule has 2 unspecified atom stereocenters. The Hall–Kier alpha value is -1.04. The van der Waals surface area contributed by atoms with Crippen LogP contribution in [0.5, 0.6) is 0 Å². The minimum atomic E-state index is -0.643. The number of hydrogen-bond donors (Lipinski definition) is 1. The maximum atomic E-state index is 10.2. The Morgan fingerprint density at radius 2 is 2.29 bits per heavy atom. The van der Waals surface area contributed by atoms with Gasteiger partial charge in [-0.3, -0.25) is 4.90 Å². The highest BCUT2D eigenvalue weighted by molar-refractivity contribution is 5.09. The number of nitrogens with zero attached hydrogens (tertiary/aromatic N) is 3. The van der Waals surface area contributed by atoms with Crippen LogP contribution in [0.25, 0.3) is 0 Å². The summed E-state index contributed by atoms with van der Waals surface area (Å²) in [7, 11) is 0. The Balaban J connectivity index is 1.97. The molecule has 0 amide bonds. The maximum absolute atomic E-state index is 10.2. The molecule has 1 aromatic heterocycles. The molecule has 0 aromatic carbocycles. The third-order valence-corrected chi connectivity index (χ3v) is 2.99. The smallest absolute Gasteiger partial charge is 0.115 e. The van der Waals surface area contributed by atoms with E-state index in [-0.39, 0.29) is 6.10 Å². The first kappa shape index (κ1) is 12.4. The van der Waals surface area contributed by atoms with Crippen LogP contribution >= 0.6 is 0 Å². The summed E-state index contributed by atoms with van der Waals surface area (Å²) in [6.45, 7) is 5.60. The van der Waals surface area contributed by atoms with Crippen LogP contribution in [0.2, 0.25) is 0 Å². The van der Waals surface area contributed by atoms with Gasteiger partial charge in [-0.05, 0) is 13.0 Å². The molecule has 1 N–H and O–H groups in total. The quantitative estimate of drug-likeness (QED) is 0.832. The Morgan fingerprint density at radius 1 is 1.53 bits per heavy atom. The molecule has 94 valence electrons. The van der Waals surface area contributed by atoms with E-state index in [4.69, 9.17) is 4.74 Å². The van der Waals surface area contributed by atoms with Gasteiger partial charge in [0, 0.05) is 31.0 Å². The largest absolute Gasteiger partial charge is 0.386 e. The molecule has 0 saturated carbocycles. The Morgan fingerprint density at radius 3 is 3.00 bits per heavy atom. The molecular weight excluding hydrogens is 218 g/mol. The van der Waals surface area contributed by atoms with Crippen molar-refractivity contribution in [3.8, 4) is 0 Å². The average molecular weight is 237 g/mol. The summed E-state index contributed by atoms with van der Waals surface area (Å²) in [5.74, 6) is 0. The third-order valence-electron chi connectivity index (χ3n) is 2.99. The van der Waals surface area contributed by atoms with E-state index >= 15 is 0 Å². The molecule has 5 heteroatoms. The number of hydrogen-bond acceptors (Lipinski definition) is 5. The van der Waals surface area contributed by atoms with Crippen LogP contribution in [0.1, 0.15) is 25.0 Å². The Kier molecular flexibility index (Phi) is 4.42. The van der Waals surface area contributed by atoms with Crippen LogP contribution in [-0.2, 0) is 4.74 Å². The summed E-state index contributed by atoms with van der Waals surface area (Å²) >= 11 is 0. The van der Waals surface area contributed by atoms with Crippen molar-refractivity contribution >= 4 is 0 Å². The summed E-state index contributed by atoms with van der Waals surface area (Å²) < 4.78 is 5.62. The monoisotopic (exact) mass is 237 g/mol. The standard InChI is InChI=1S/C12H19N3O2/c1-2-3-15-4-5-17-11(8-15)12(16)10-6-13-9-14-7-10/h6-7,9,11-12,16H,2-5,8H2,1H3. The highest BCUT2D eigenvalue weighted by atomic mass is 16.5. The molecule has 0 bridgehead atoms. The molecule has 1 aliphatic heterocycles. The fourth-order valence-corrected chi connectivity index (χ4v) is 2.12. The van der Waals surface area contributed by atoms with Crippen LogP contribution in [0, 0.1) is 0 Å². The van der Waals surface area contributed by atoms with Gasteiger partial charge < -0.3 is 9.84 Å². The van der Waals surface area contributed by atoms with Crippen molar-refractivity contribution in [2.75, 3.05) is 26.2 Å². The second-order valence-electron chi connectivity index (χ2n) is 4.33. The van der Waals surface area contributed by atoms with Gasteiger partial charge >= 0.3 is 0 Å². The zero-order valence-corrected chi connectivity index (χ0v) is 10.1. The van der Waals surface area contributed by atoms with Crippen LogP contribution in [0.15, 0.2) is 18.7 Å². The maximum Gasteiger partial charge on any atom is 0.115 e. The van der Waals surface area contributed by atoms with Gasteiger partial charge in [-0.1, -0.05) is 6.92 Å². The minimum absolute atomic E-state index is 0.179. The normalized spacial score (nSPS) is 23.5. The molecule has 2 rings (SSSR count). The first-order chi connectivity index (χ1) is 8.31. The summed E-state index contributed by atoms with van der Waals surface area (Å²) in [6, 6.07) is 0. The molecule has 5 nitrogen and oxygen atoms in total.